The van der Waals surface area contributed by atoms with Crippen molar-refractivity contribution in [2.45, 2.75) is 51.6 Å². The van der Waals surface area contributed by atoms with Crippen molar-refractivity contribution in [2.24, 2.45) is 0 Å². The third-order valence-electron chi connectivity index (χ3n) is 3.57. The molecule has 23 heavy (non-hydrogen) atoms. The fourth-order valence-corrected chi connectivity index (χ4v) is 3.26. The number of benzene rings is 1. The number of ether oxygens (including phenoxy) is 1. The normalized spacial score (nSPS) is 22.0. The van der Waals surface area contributed by atoms with E-state index < -0.39 is 0 Å². The maximum Gasteiger partial charge on any atom is 0.234 e. The summed E-state index contributed by atoms with van der Waals surface area (Å²) in [6.45, 7) is 12.4. The molecule has 0 aliphatic carbocycles. The Labute approximate surface area is 144 Å². The van der Waals surface area contributed by atoms with E-state index in [1.807, 2.05) is 12.1 Å². The van der Waals surface area contributed by atoms with Gasteiger partial charge in [-0.3, -0.25) is 4.79 Å². The van der Waals surface area contributed by atoms with Gasteiger partial charge in [0.25, 0.3) is 0 Å². The van der Waals surface area contributed by atoms with Crippen LogP contribution in [-0.4, -0.2) is 41.7 Å². The minimum atomic E-state index is 0.0475. The summed E-state index contributed by atoms with van der Waals surface area (Å²) in [5, 5.41) is 2.96. The van der Waals surface area contributed by atoms with E-state index in [1.54, 1.807) is 11.8 Å². The Bertz CT molecular complexity index is 515. The highest BCUT2D eigenvalue weighted by Gasteiger charge is 2.22. The minimum absolute atomic E-state index is 0.0475. The molecule has 2 rings (SSSR count). The highest BCUT2D eigenvalue weighted by Crippen LogP contribution is 2.24. The average molecular weight is 337 g/mol. The van der Waals surface area contributed by atoms with Crippen molar-refractivity contribution in [1.82, 2.24) is 0 Å². The van der Waals surface area contributed by atoms with Crippen LogP contribution in [0.1, 0.15) is 34.6 Å². The smallest absolute Gasteiger partial charge is 0.234 e. The van der Waals surface area contributed by atoms with Gasteiger partial charge in [0.15, 0.2) is 0 Å². The molecule has 1 aromatic carbocycles. The van der Waals surface area contributed by atoms with Gasteiger partial charge in [-0.1, -0.05) is 20.8 Å². The van der Waals surface area contributed by atoms with Gasteiger partial charge >= 0.3 is 0 Å². The second-order valence-corrected chi connectivity index (χ2v) is 8.96. The van der Waals surface area contributed by atoms with Crippen molar-refractivity contribution in [2.75, 3.05) is 29.1 Å². The molecule has 2 atom stereocenters. The number of hydrogen-bond donors (Lipinski definition) is 1. The molecule has 0 bridgehead atoms. The molecular weight excluding hydrogens is 308 g/mol. The van der Waals surface area contributed by atoms with Gasteiger partial charge in [-0.2, -0.15) is 0 Å². The Kier molecular flexibility index (Phi) is 5.98. The molecule has 2 unspecified atom stereocenters. The molecule has 0 radical (unpaired) electrons. The molecule has 1 amide bonds. The molecule has 128 valence electrons. The molecule has 0 spiro atoms. The van der Waals surface area contributed by atoms with Gasteiger partial charge < -0.3 is 15.0 Å². The Morgan fingerprint density at radius 3 is 2.30 bits per heavy atom. The number of nitrogens with zero attached hydrogens (tertiary/aromatic N) is 1. The average Bonchev–Trinajstić information content (AvgIpc) is 2.44. The number of hydrogen-bond acceptors (Lipinski definition) is 4. The number of nitrogens with one attached hydrogen (secondary N) is 1. The Morgan fingerprint density at radius 1 is 1.22 bits per heavy atom. The second kappa shape index (κ2) is 7.58. The third-order valence-corrected chi connectivity index (χ3v) is 4.84. The van der Waals surface area contributed by atoms with E-state index in [0.717, 1.165) is 18.8 Å². The number of carbonyl (C=O) groups is 1. The highest BCUT2D eigenvalue weighted by atomic mass is 32.2. The molecule has 0 aromatic heterocycles. The van der Waals surface area contributed by atoms with Crippen LogP contribution in [-0.2, 0) is 9.53 Å². The second-order valence-electron chi connectivity index (χ2n) is 7.16. The SMILES string of the molecule is CC1CN(c2ccc(NC(=O)CSC(C)(C)C)cc2)CC(C)O1. The van der Waals surface area contributed by atoms with E-state index >= 15 is 0 Å². The van der Waals surface area contributed by atoms with E-state index in [4.69, 9.17) is 4.74 Å². The summed E-state index contributed by atoms with van der Waals surface area (Å²) < 4.78 is 5.87. The van der Waals surface area contributed by atoms with Crippen molar-refractivity contribution in [1.29, 1.82) is 0 Å². The number of thioether (sulfide) groups is 1. The standard InChI is InChI=1S/C18H28N2O2S/c1-13-10-20(11-14(2)22-13)16-8-6-15(7-9-16)19-17(21)12-23-18(3,4)5/h6-9,13-14H,10-12H2,1-5H3,(H,19,21). The lowest BCUT2D eigenvalue weighted by atomic mass is 10.2. The van der Waals surface area contributed by atoms with E-state index in [-0.39, 0.29) is 22.9 Å². The van der Waals surface area contributed by atoms with Crippen LogP contribution < -0.4 is 10.2 Å². The number of morpholine rings is 1. The zero-order valence-electron chi connectivity index (χ0n) is 14.8. The molecule has 1 fully saturated rings. The van der Waals surface area contributed by atoms with Crippen LogP contribution >= 0.6 is 11.8 Å². The first kappa shape index (κ1) is 18.1. The van der Waals surface area contributed by atoms with Gasteiger partial charge in [0.1, 0.15) is 0 Å². The maximum atomic E-state index is 12.0. The van der Waals surface area contributed by atoms with E-state index in [0.29, 0.717) is 5.75 Å². The van der Waals surface area contributed by atoms with E-state index in [2.05, 4.69) is 57.0 Å². The van der Waals surface area contributed by atoms with E-state index in [1.165, 1.54) is 5.69 Å². The molecule has 1 aliphatic heterocycles. The van der Waals surface area contributed by atoms with Crippen LogP contribution in [0, 0.1) is 0 Å². The molecule has 0 saturated carbocycles. The summed E-state index contributed by atoms with van der Waals surface area (Å²) in [6, 6.07) is 8.08. The lowest BCUT2D eigenvalue weighted by Crippen LogP contribution is -2.45. The van der Waals surface area contributed by atoms with Gasteiger partial charge in [0.05, 0.1) is 18.0 Å². The minimum Gasteiger partial charge on any atom is -0.372 e. The van der Waals surface area contributed by atoms with Crippen molar-refractivity contribution in [3.63, 3.8) is 0 Å². The van der Waals surface area contributed by atoms with Crippen molar-refractivity contribution in [3.05, 3.63) is 24.3 Å². The first-order valence-corrected chi connectivity index (χ1v) is 9.16. The van der Waals surface area contributed by atoms with Crippen LogP contribution in [0.25, 0.3) is 0 Å². The molecule has 1 saturated heterocycles. The first-order chi connectivity index (χ1) is 10.7. The summed E-state index contributed by atoms with van der Waals surface area (Å²) in [5.74, 6) is 0.523. The quantitative estimate of drug-likeness (QED) is 0.909. The predicted molar refractivity (Wildman–Crippen MR) is 99.5 cm³/mol. The zero-order valence-corrected chi connectivity index (χ0v) is 15.6. The van der Waals surface area contributed by atoms with Gasteiger partial charge in [0, 0.05) is 29.2 Å². The first-order valence-electron chi connectivity index (χ1n) is 8.17. The zero-order chi connectivity index (χ0) is 17.0. The van der Waals surface area contributed by atoms with Gasteiger partial charge in [0.2, 0.25) is 5.91 Å². The largest absolute Gasteiger partial charge is 0.372 e. The topological polar surface area (TPSA) is 41.6 Å². The lowest BCUT2D eigenvalue weighted by molar-refractivity contribution is -0.113. The molecule has 5 heteroatoms. The number of anilines is 2. The summed E-state index contributed by atoms with van der Waals surface area (Å²) in [7, 11) is 0. The Hall–Kier alpha value is -1.20. The highest BCUT2D eigenvalue weighted by molar-refractivity contribution is 8.01. The van der Waals surface area contributed by atoms with Crippen LogP contribution in [0.2, 0.25) is 0 Å². The van der Waals surface area contributed by atoms with Crippen LogP contribution in [0.4, 0.5) is 11.4 Å². The number of amides is 1. The van der Waals surface area contributed by atoms with E-state index in [9.17, 15) is 4.79 Å². The number of carbonyl (C=O) groups excluding carboxylic acids is 1. The van der Waals surface area contributed by atoms with Crippen molar-refractivity contribution < 1.29 is 9.53 Å². The molecule has 4 nitrogen and oxygen atoms in total. The lowest BCUT2D eigenvalue weighted by Gasteiger charge is -2.36. The molecule has 1 aliphatic rings. The maximum absolute atomic E-state index is 12.0. The van der Waals surface area contributed by atoms with Crippen LogP contribution in [0.15, 0.2) is 24.3 Å². The summed E-state index contributed by atoms with van der Waals surface area (Å²) in [4.78, 5) is 14.3. The monoisotopic (exact) mass is 336 g/mol. The fourth-order valence-electron chi connectivity index (χ4n) is 2.62. The number of rotatable bonds is 4. The summed E-state index contributed by atoms with van der Waals surface area (Å²) in [6.07, 6.45) is 0.486. The van der Waals surface area contributed by atoms with Gasteiger partial charge in [-0.05, 0) is 38.1 Å². The molecule has 1 N–H and O–H groups in total. The fraction of sp³-hybridized carbons (Fsp3) is 0.611. The van der Waals surface area contributed by atoms with Gasteiger partial charge in [-0.25, -0.2) is 0 Å². The molecular formula is C18H28N2O2S. The van der Waals surface area contributed by atoms with Crippen LogP contribution in [0.5, 0.6) is 0 Å². The van der Waals surface area contributed by atoms with Crippen molar-refractivity contribution in [3.8, 4) is 0 Å². The predicted octanol–water partition coefficient (Wildman–Crippen LogP) is 3.77. The summed E-state index contributed by atoms with van der Waals surface area (Å²) in [5.41, 5.74) is 2.02. The molecule has 1 heterocycles. The van der Waals surface area contributed by atoms with Crippen molar-refractivity contribution >= 4 is 29.0 Å². The third kappa shape index (κ3) is 6.07. The molecule has 1 aromatic rings. The van der Waals surface area contributed by atoms with Crippen LogP contribution in [0.3, 0.4) is 0 Å². The van der Waals surface area contributed by atoms with Gasteiger partial charge in [-0.15, -0.1) is 11.8 Å². The summed E-state index contributed by atoms with van der Waals surface area (Å²) >= 11 is 1.65. The Morgan fingerprint density at radius 2 is 1.78 bits per heavy atom. The Balaban J connectivity index is 1.90.